The van der Waals surface area contributed by atoms with E-state index < -0.39 is 5.91 Å². The van der Waals surface area contributed by atoms with E-state index in [1.165, 1.54) is 13.2 Å². The van der Waals surface area contributed by atoms with Gasteiger partial charge in [0.2, 0.25) is 0 Å². The molecule has 0 radical (unpaired) electrons. The Kier molecular flexibility index (Phi) is 3.03. The number of amides is 1. The second-order valence-corrected chi connectivity index (χ2v) is 3.55. The Morgan fingerprint density at radius 2 is 2.19 bits per heavy atom. The summed E-state index contributed by atoms with van der Waals surface area (Å²) < 4.78 is 0. The van der Waals surface area contributed by atoms with Gasteiger partial charge in [-0.2, -0.15) is 0 Å². The molecule has 0 fully saturated rings. The van der Waals surface area contributed by atoms with E-state index in [0.29, 0.717) is 10.5 Å². The maximum Gasteiger partial charge on any atom is 0.293 e. The average molecular weight is 237 g/mol. The number of hydrogen-bond acceptors (Lipinski definition) is 3. The third-order valence-electron chi connectivity index (χ3n) is 2.09. The molecule has 82 valence electrons. The van der Waals surface area contributed by atoms with Crippen LogP contribution in [0.15, 0.2) is 30.3 Å². The molecule has 0 saturated heterocycles. The van der Waals surface area contributed by atoms with Crippen LogP contribution in [0.5, 0.6) is 0 Å². The van der Waals surface area contributed by atoms with Crippen molar-refractivity contribution in [2.24, 2.45) is 0 Å². The van der Waals surface area contributed by atoms with Crippen molar-refractivity contribution >= 4 is 28.4 Å². The number of carbonyl (C=O) groups excluding carboxylic acids is 1. The van der Waals surface area contributed by atoms with Gasteiger partial charge < -0.3 is 0 Å². The Bertz CT molecular complexity index is 542. The van der Waals surface area contributed by atoms with Crippen molar-refractivity contribution in [3.05, 3.63) is 41.0 Å². The van der Waals surface area contributed by atoms with Gasteiger partial charge in [-0.3, -0.25) is 9.63 Å². The average Bonchev–Trinajstić information content (AvgIpc) is 2.29. The second kappa shape index (κ2) is 4.47. The number of nitrogens with one attached hydrogen (secondary N) is 1. The van der Waals surface area contributed by atoms with E-state index in [2.05, 4.69) is 15.3 Å². The number of rotatable bonds is 2. The first-order chi connectivity index (χ1) is 7.72. The maximum atomic E-state index is 11.5. The molecule has 1 aromatic carbocycles. The normalized spacial score (nSPS) is 10.4. The molecule has 0 aliphatic heterocycles. The van der Waals surface area contributed by atoms with Gasteiger partial charge in [-0.25, -0.2) is 10.5 Å². The number of pyridine rings is 1. The third-order valence-corrected chi connectivity index (χ3v) is 2.41. The minimum Gasteiger partial charge on any atom is -0.277 e. The van der Waals surface area contributed by atoms with Crippen molar-refractivity contribution in [1.29, 1.82) is 0 Å². The lowest BCUT2D eigenvalue weighted by molar-refractivity contribution is 0.0533. The number of halogens is 1. The summed E-state index contributed by atoms with van der Waals surface area (Å²) in [6.07, 6.45) is 0. The first kappa shape index (κ1) is 10.9. The Labute approximate surface area is 97.1 Å². The molecule has 1 N–H and O–H groups in total. The molecule has 16 heavy (non-hydrogen) atoms. The van der Waals surface area contributed by atoms with Gasteiger partial charge in [0, 0.05) is 5.39 Å². The number of fused-ring (bicyclic) bond motifs is 1. The Morgan fingerprint density at radius 3 is 2.94 bits per heavy atom. The number of benzene rings is 1. The van der Waals surface area contributed by atoms with Gasteiger partial charge in [-0.15, -0.1) is 0 Å². The van der Waals surface area contributed by atoms with E-state index >= 15 is 0 Å². The van der Waals surface area contributed by atoms with Gasteiger partial charge in [-0.05, 0) is 12.1 Å². The van der Waals surface area contributed by atoms with Crippen LogP contribution >= 0.6 is 11.6 Å². The van der Waals surface area contributed by atoms with Crippen LogP contribution in [0.1, 0.15) is 10.5 Å². The third kappa shape index (κ3) is 1.98. The zero-order valence-corrected chi connectivity index (χ0v) is 9.28. The fourth-order valence-electron chi connectivity index (χ4n) is 1.39. The molecule has 0 spiro atoms. The van der Waals surface area contributed by atoms with Crippen molar-refractivity contribution < 1.29 is 9.63 Å². The lowest BCUT2D eigenvalue weighted by Crippen LogP contribution is -2.22. The molecule has 0 atom stereocenters. The molecule has 0 saturated carbocycles. The number of hydroxylamine groups is 1. The Morgan fingerprint density at radius 1 is 1.44 bits per heavy atom. The molecule has 5 heteroatoms. The van der Waals surface area contributed by atoms with E-state index in [1.54, 1.807) is 6.07 Å². The SMILES string of the molecule is CONC(=O)c1cc(Cl)c2ccccc2n1. The second-order valence-electron chi connectivity index (χ2n) is 3.14. The van der Waals surface area contributed by atoms with Crippen molar-refractivity contribution in [1.82, 2.24) is 10.5 Å². The lowest BCUT2D eigenvalue weighted by atomic mass is 10.2. The molecule has 0 bridgehead atoms. The van der Waals surface area contributed by atoms with Gasteiger partial charge in [-0.1, -0.05) is 29.8 Å². The zero-order valence-electron chi connectivity index (χ0n) is 8.53. The molecule has 1 amide bonds. The van der Waals surface area contributed by atoms with Crippen molar-refractivity contribution in [3.63, 3.8) is 0 Å². The van der Waals surface area contributed by atoms with Crippen molar-refractivity contribution in [2.45, 2.75) is 0 Å². The van der Waals surface area contributed by atoms with Crippen molar-refractivity contribution in [2.75, 3.05) is 7.11 Å². The van der Waals surface area contributed by atoms with Crippen LogP contribution in [0.2, 0.25) is 5.02 Å². The van der Waals surface area contributed by atoms with Gasteiger partial charge in [0.25, 0.3) is 5.91 Å². The molecule has 0 aliphatic carbocycles. The molecule has 1 aromatic heterocycles. The zero-order chi connectivity index (χ0) is 11.5. The standard InChI is InChI=1S/C11H9ClN2O2/c1-16-14-11(15)10-6-8(12)7-4-2-3-5-9(7)13-10/h2-6H,1H3,(H,14,15). The van der Waals surface area contributed by atoms with Crippen LogP contribution in [0.4, 0.5) is 0 Å². The summed E-state index contributed by atoms with van der Waals surface area (Å²) in [7, 11) is 1.36. The maximum absolute atomic E-state index is 11.5. The molecule has 4 nitrogen and oxygen atoms in total. The summed E-state index contributed by atoms with van der Waals surface area (Å²) in [5, 5.41) is 1.31. The van der Waals surface area contributed by atoms with E-state index in [4.69, 9.17) is 11.6 Å². The monoisotopic (exact) mass is 236 g/mol. The van der Waals surface area contributed by atoms with Crippen LogP contribution < -0.4 is 5.48 Å². The number of aromatic nitrogens is 1. The van der Waals surface area contributed by atoms with Crippen LogP contribution in [0.25, 0.3) is 10.9 Å². The number of para-hydroxylation sites is 1. The Hall–Kier alpha value is -1.65. The summed E-state index contributed by atoms with van der Waals surface area (Å²) in [6, 6.07) is 8.86. The number of carbonyl (C=O) groups is 1. The van der Waals surface area contributed by atoms with Crippen molar-refractivity contribution in [3.8, 4) is 0 Å². The molecule has 0 unspecified atom stereocenters. The Balaban J connectivity index is 2.53. The minimum absolute atomic E-state index is 0.227. The first-order valence-corrected chi connectivity index (χ1v) is 4.99. The highest BCUT2D eigenvalue weighted by molar-refractivity contribution is 6.35. The van der Waals surface area contributed by atoms with Crippen LogP contribution in [-0.2, 0) is 4.84 Å². The molecular weight excluding hydrogens is 228 g/mol. The van der Waals surface area contributed by atoms with Crippen LogP contribution in [0.3, 0.4) is 0 Å². The predicted molar refractivity (Wildman–Crippen MR) is 61.2 cm³/mol. The summed E-state index contributed by atoms with van der Waals surface area (Å²) in [5.41, 5.74) is 3.10. The van der Waals surface area contributed by atoms with Crippen LogP contribution in [-0.4, -0.2) is 18.0 Å². The topological polar surface area (TPSA) is 51.2 Å². The highest BCUT2D eigenvalue weighted by Crippen LogP contribution is 2.22. The van der Waals surface area contributed by atoms with E-state index in [-0.39, 0.29) is 5.69 Å². The quantitative estimate of drug-likeness (QED) is 0.814. The summed E-state index contributed by atoms with van der Waals surface area (Å²) >= 11 is 6.05. The van der Waals surface area contributed by atoms with E-state index in [0.717, 1.165) is 5.39 Å². The lowest BCUT2D eigenvalue weighted by Gasteiger charge is -2.04. The van der Waals surface area contributed by atoms with Gasteiger partial charge in [0.05, 0.1) is 17.6 Å². The van der Waals surface area contributed by atoms with E-state index in [9.17, 15) is 4.79 Å². The summed E-state index contributed by atoms with van der Waals surface area (Å²) in [6.45, 7) is 0. The highest BCUT2D eigenvalue weighted by atomic mass is 35.5. The van der Waals surface area contributed by atoms with Crippen LogP contribution in [0, 0.1) is 0 Å². The molecular formula is C11H9ClN2O2. The number of hydrogen-bond donors (Lipinski definition) is 1. The first-order valence-electron chi connectivity index (χ1n) is 4.61. The fourth-order valence-corrected chi connectivity index (χ4v) is 1.66. The summed E-state index contributed by atoms with van der Waals surface area (Å²) in [4.78, 5) is 20.2. The highest BCUT2D eigenvalue weighted by Gasteiger charge is 2.10. The smallest absolute Gasteiger partial charge is 0.277 e. The summed E-state index contributed by atoms with van der Waals surface area (Å²) in [5.74, 6) is -0.421. The van der Waals surface area contributed by atoms with E-state index in [1.807, 2.05) is 18.2 Å². The molecule has 2 aromatic rings. The van der Waals surface area contributed by atoms with Gasteiger partial charge in [0.1, 0.15) is 5.69 Å². The molecule has 2 rings (SSSR count). The fraction of sp³-hybridized carbons (Fsp3) is 0.0909. The number of nitrogens with zero attached hydrogens (tertiary/aromatic N) is 1. The molecule has 0 aliphatic rings. The minimum atomic E-state index is -0.421. The largest absolute Gasteiger partial charge is 0.293 e. The van der Waals surface area contributed by atoms with Gasteiger partial charge >= 0.3 is 0 Å². The van der Waals surface area contributed by atoms with Gasteiger partial charge in [0.15, 0.2) is 0 Å². The predicted octanol–water partition coefficient (Wildman–Crippen LogP) is 2.18. The molecule has 1 heterocycles.